The number of benzene rings is 1. The van der Waals surface area contributed by atoms with E-state index in [1.807, 2.05) is 0 Å². The van der Waals surface area contributed by atoms with Gasteiger partial charge < -0.3 is 14.8 Å². The van der Waals surface area contributed by atoms with E-state index in [-0.39, 0.29) is 28.2 Å². The molecule has 1 aromatic rings. The first-order valence-electron chi connectivity index (χ1n) is 8.85. The van der Waals surface area contributed by atoms with Gasteiger partial charge in [-0.05, 0) is 43.9 Å². The minimum Gasteiger partial charge on any atom is -0.496 e. The molecule has 0 unspecified atom stereocenters. The summed E-state index contributed by atoms with van der Waals surface area (Å²) in [5.74, 6) is -0.751. The van der Waals surface area contributed by atoms with E-state index in [2.05, 4.69) is 12.2 Å². The van der Waals surface area contributed by atoms with Crippen LogP contribution in [0.15, 0.2) is 23.1 Å². The number of hydrogen-bond acceptors (Lipinski definition) is 6. The Kier molecular flexibility index (Phi) is 6.83. The number of primary sulfonamides is 1. The maximum absolute atomic E-state index is 12.5. The maximum atomic E-state index is 12.5. The number of ether oxygens (including phenoxy) is 2. The number of hydrogen-bond donors (Lipinski definition) is 2. The minimum absolute atomic E-state index is 0.0626. The zero-order chi connectivity index (χ0) is 20.2. The predicted molar refractivity (Wildman–Crippen MR) is 98.8 cm³/mol. The number of esters is 1. The van der Waals surface area contributed by atoms with E-state index in [0.717, 1.165) is 31.7 Å². The van der Waals surface area contributed by atoms with E-state index >= 15 is 0 Å². The summed E-state index contributed by atoms with van der Waals surface area (Å²) in [5.41, 5.74) is -0.116. The summed E-state index contributed by atoms with van der Waals surface area (Å²) in [5, 5.41) is 8.03. The second-order valence-corrected chi connectivity index (χ2v) is 8.39. The molecule has 0 saturated heterocycles. The summed E-state index contributed by atoms with van der Waals surface area (Å²) in [6.07, 6.45) is 3.13. The van der Waals surface area contributed by atoms with Gasteiger partial charge in [-0.3, -0.25) is 4.79 Å². The Hall–Kier alpha value is -2.13. The van der Waals surface area contributed by atoms with Crippen molar-refractivity contribution in [2.24, 2.45) is 11.1 Å². The molecule has 2 rings (SSSR count). The second-order valence-electron chi connectivity index (χ2n) is 6.83. The van der Waals surface area contributed by atoms with Gasteiger partial charge in [-0.15, -0.1) is 0 Å². The molecule has 1 amide bonds. The molecule has 1 aliphatic rings. The average molecular weight is 398 g/mol. The van der Waals surface area contributed by atoms with Crippen molar-refractivity contribution in [2.75, 3.05) is 7.11 Å². The smallest absolute Gasteiger partial charge is 0.342 e. The Morgan fingerprint density at radius 2 is 1.93 bits per heavy atom. The molecule has 0 heterocycles. The fourth-order valence-electron chi connectivity index (χ4n) is 3.13. The maximum Gasteiger partial charge on any atom is 0.342 e. The number of nitrogens with two attached hydrogens (primary N) is 1. The van der Waals surface area contributed by atoms with Gasteiger partial charge in [0.1, 0.15) is 11.3 Å². The molecule has 0 spiro atoms. The predicted octanol–water partition coefficient (Wildman–Crippen LogP) is 1.58. The van der Waals surface area contributed by atoms with Gasteiger partial charge in [-0.2, -0.15) is 0 Å². The van der Waals surface area contributed by atoms with E-state index in [0.29, 0.717) is 5.92 Å². The average Bonchev–Trinajstić information content (AvgIpc) is 2.62. The molecular weight excluding hydrogens is 372 g/mol. The standard InChI is InChI=1S/C18H26N2O6S/c1-11-6-4-5-7-15(11)20-17(21)12(2)26-18(22)14-10-13(27(19,23)24)8-9-16(14)25-3/h8-12,15H,4-7H2,1-3H3,(H,20,21)(H2,19,23,24)/t11-,12-,15+/m1/s1. The number of nitrogens with one attached hydrogen (secondary N) is 1. The number of carbonyl (C=O) groups excluding carboxylic acids is 2. The molecule has 150 valence electrons. The first kappa shape index (κ1) is 21.2. The quantitative estimate of drug-likeness (QED) is 0.701. The SMILES string of the molecule is COc1ccc(S(N)(=O)=O)cc1C(=O)O[C@H](C)C(=O)N[C@H]1CCCC[C@H]1C. The van der Waals surface area contributed by atoms with Gasteiger partial charge in [-0.1, -0.05) is 19.8 Å². The third kappa shape index (κ3) is 5.43. The van der Waals surface area contributed by atoms with Gasteiger partial charge in [0.05, 0.1) is 12.0 Å². The van der Waals surface area contributed by atoms with Gasteiger partial charge >= 0.3 is 5.97 Å². The molecule has 8 nitrogen and oxygen atoms in total. The van der Waals surface area contributed by atoms with Gasteiger partial charge in [0, 0.05) is 6.04 Å². The van der Waals surface area contributed by atoms with Crippen LogP contribution in [0.2, 0.25) is 0 Å². The third-order valence-electron chi connectivity index (χ3n) is 4.81. The van der Waals surface area contributed by atoms with Gasteiger partial charge in [0.15, 0.2) is 6.10 Å². The van der Waals surface area contributed by atoms with Crippen LogP contribution < -0.4 is 15.2 Å². The molecule has 9 heteroatoms. The van der Waals surface area contributed by atoms with Crippen molar-refractivity contribution in [1.29, 1.82) is 0 Å². The number of carbonyl (C=O) groups is 2. The highest BCUT2D eigenvalue weighted by atomic mass is 32.2. The molecule has 0 radical (unpaired) electrons. The van der Waals surface area contributed by atoms with Crippen molar-refractivity contribution in [3.63, 3.8) is 0 Å². The van der Waals surface area contributed by atoms with E-state index < -0.39 is 22.1 Å². The van der Waals surface area contributed by atoms with Crippen LogP contribution in [0, 0.1) is 5.92 Å². The van der Waals surface area contributed by atoms with Crippen molar-refractivity contribution < 1.29 is 27.5 Å². The highest BCUT2D eigenvalue weighted by Crippen LogP contribution is 2.25. The van der Waals surface area contributed by atoms with Gasteiger partial charge in [0.25, 0.3) is 5.91 Å². The first-order valence-corrected chi connectivity index (χ1v) is 10.4. The van der Waals surface area contributed by atoms with Gasteiger partial charge in [-0.25, -0.2) is 18.4 Å². The van der Waals surface area contributed by atoms with Crippen molar-refractivity contribution in [3.05, 3.63) is 23.8 Å². The van der Waals surface area contributed by atoms with Crippen LogP contribution in [0.25, 0.3) is 0 Å². The van der Waals surface area contributed by atoms with Crippen LogP contribution in [0.1, 0.15) is 49.9 Å². The van der Waals surface area contributed by atoms with Crippen LogP contribution in [0.5, 0.6) is 5.75 Å². The van der Waals surface area contributed by atoms with Gasteiger partial charge in [0.2, 0.25) is 10.0 Å². The molecule has 1 aliphatic carbocycles. The molecule has 1 saturated carbocycles. The number of sulfonamides is 1. The number of amides is 1. The first-order chi connectivity index (χ1) is 12.6. The van der Waals surface area contributed by atoms with E-state index in [1.54, 1.807) is 0 Å². The lowest BCUT2D eigenvalue weighted by Gasteiger charge is -2.30. The fourth-order valence-corrected chi connectivity index (χ4v) is 3.67. The molecule has 0 aliphatic heterocycles. The fraction of sp³-hybridized carbons (Fsp3) is 0.556. The van der Waals surface area contributed by atoms with Crippen molar-refractivity contribution >= 4 is 21.9 Å². The Morgan fingerprint density at radius 3 is 2.52 bits per heavy atom. The summed E-state index contributed by atoms with van der Waals surface area (Å²) < 4.78 is 33.3. The van der Waals surface area contributed by atoms with Crippen LogP contribution in [-0.2, 0) is 19.6 Å². The zero-order valence-corrected chi connectivity index (χ0v) is 16.5. The molecular formula is C18H26N2O6S. The molecule has 27 heavy (non-hydrogen) atoms. The normalized spacial score (nSPS) is 21.2. The lowest BCUT2D eigenvalue weighted by Crippen LogP contribution is -2.46. The van der Waals surface area contributed by atoms with Crippen LogP contribution in [0.4, 0.5) is 0 Å². The summed E-state index contributed by atoms with van der Waals surface area (Å²) in [7, 11) is -2.66. The number of rotatable bonds is 6. The van der Waals surface area contributed by atoms with E-state index in [9.17, 15) is 18.0 Å². The van der Waals surface area contributed by atoms with Crippen LogP contribution in [-0.4, -0.2) is 39.5 Å². The lowest BCUT2D eigenvalue weighted by atomic mass is 9.86. The molecule has 0 aromatic heterocycles. The topological polar surface area (TPSA) is 125 Å². The Labute approximate surface area is 159 Å². The Morgan fingerprint density at radius 1 is 1.26 bits per heavy atom. The Balaban J connectivity index is 2.10. The van der Waals surface area contributed by atoms with Crippen molar-refractivity contribution in [3.8, 4) is 5.75 Å². The second kappa shape index (κ2) is 8.71. The summed E-state index contributed by atoms with van der Waals surface area (Å²) in [4.78, 5) is 24.6. The summed E-state index contributed by atoms with van der Waals surface area (Å²) in [6, 6.07) is 3.67. The molecule has 1 aromatic carbocycles. The zero-order valence-electron chi connectivity index (χ0n) is 15.7. The summed E-state index contributed by atoms with van der Waals surface area (Å²) in [6.45, 7) is 3.56. The van der Waals surface area contributed by atoms with Crippen molar-refractivity contribution in [1.82, 2.24) is 5.32 Å². The molecule has 3 N–H and O–H groups in total. The van der Waals surface area contributed by atoms with E-state index in [1.165, 1.54) is 26.2 Å². The highest BCUT2D eigenvalue weighted by molar-refractivity contribution is 7.89. The minimum atomic E-state index is -4.00. The molecule has 1 fully saturated rings. The summed E-state index contributed by atoms with van der Waals surface area (Å²) >= 11 is 0. The third-order valence-corrected chi connectivity index (χ3v) is 5.72. The molecule has 3 atom stereocenters. The van der Waals surface area contributed by atoms with Crippen LogP contribution >= 0.6 is 0 Å². The van der Waals surface area contributed by atoms with Crippen LogP contribution in [0.3, 0.4) is 0 Å². The largest absolute Gasteiger partial charge is 0.496 e. The molecule has 0 bridgehead atoms. The van der Waals surface area contributed by atoms with E-state index in [4.69, 9.17) is 14.6 Å². The monoisotopic (exact) mass is 398 g/mol. The lowest BCUT2D eigenvalue weighted by molar-refractivity contribution is -0.130. The van der Waals surface area contributed by atoms with Crippen molar-refractivity contribution in [2.45, 2.75) is 56.6 Å². The highest BCUT2D eigenvalue weighted by Gasteiger charge is 2.27. The Bertz CT molecular complexity index is 808. The number of methoxy groups -OCH3 is 1.